The lowest BCUT2D eigenvalue weighted by Crippen LogP contribution is -2.48. The molecule has 0 saturated carbocycles. The van der Waals surface area contributed by atoms with E-state index in [1.54, 1.807) is 0 Å². The fourth-order valence-electron chi connectivity index (χ4n) is 3.22. The predicted octanol–water partition coefficient (Wildman–Crippen LogP) is 2.46. The van der Waals surface area contributed by atoms with E-state index in [1.165, 1.54) is 11.3 Å². The normalized spacial score (nSPS) is 15.6. The Balaban J connectivity index is 0.000000438. The average Bonchev–Trinajstić information content (AvgIpc) is 2.71. The van der Waals surface area contributed by atoms with E-state index in [-0.39, 0.29) is 0 Å². The highest BCUT2D eigenvalue weighted by Gasteiger charge is 2.18. The molecule has 0 aliphatic carbocycles. The summed E-state index contributed by atoms with van der Waals surface area (Å²) in [6, 6.07) is 21.7. The molecule has 1 aliphatic heterocycles. The van der Waals surface area contributed by atoms with Crippen molar-refractivity contribution in [2.45, 2.75) is 19.5 Å². The van der Waals surface area contributed by atoms with E-state index in [0.717, 1.165) is 39.3 Å². The molecule has 0 aromatic heterocycles. The molecule has 0 radical (unpaired) electrons. The minimum atomic E-state index is -1.82. The molecule has 1 atom stereocenters. The van der Waals surface area contributed by atoms with Crippen molar-refractivity contribution in [3.63, 3.8) is 0 Å². The standard InChI is InChI=1S/C20H27N3.C2H2O4/c1-18(21-20-10-6-3-7-11-20)16-22-12-14-23(15-13-22)17-19-8-4-2-5-9-19;3-1(4)2(5)6/h2-11,18,21H,12-17H2,1H3;(H,3,4)(H,5,6). The summed E-state index contributed by atoms with van der Waals surface area (Å²) in [6.45, 7) is 9.09. The Hall–Kier alpha value is -2.90. The minimum Gasteiger partial charge on any atom is -0.473 e. The van der Waals surface area contributed by atoms with Crippen LogP contribution < -0.4 is 5.32 Å². The number of para-hydroxylation sites is 1. The number of hydrogen-bond acceptors (Lipinski definition) is 5. The Morgan fingerprint density at radius 3 is 1.86 bits per heavy atom. The summed E-state index contributed by atoms with van der Waals surface area (Å²) in [4.78, 5) is 23.3. The van der Waals surface area contributed by atoms with E-state index < -0.39 is 11.9 Å². The van der Waals surface area contributed by atoms with Crippen molar-refractivity contribution in [2.24, 2.45) is 0 Å². The Kier molecular flexibility index (Phi) is 9.14. The Morgan fingerprint density at radius 1 is 0.862 bits per heavy atom. The Labute approximate surface area is 171 Å². The van der Waals surface area contributed by atoms with E-state index in [0.29, 0.717) is 6.04 Å². The summed E-state index contributed by atoms with van der Waals surface area (Å²) < 4.78 is 0. The second-order valence-corrected chi connectivity index (χ2v) is 7.08. The van der Waals surface area contributed by atoms with E-state index in [9.17, 15) is 0 Å². The highest BCUT2D eigenvalue weighted by Crippen LogP contribution is 2.11. The first-order valence-electron chi connectivity index (χ1n) is 9.70. The van der Waals surface area contributed by atoms with Crippen molar-refractivity contribution in [1.82, 2.24) is 9.80 Å². The minimum absolute atomic E-state index is 0.470. The zero-order valence-electron chi connectivity index (χ0n) is 16.7. The average molecular weight is 399 g/mol. The molecule has 0 amide bonds. The van der Waals surface area contributed by atoms with Crippen LogP contribution in [0.3, 0.4) is 0 Å². The fourth-order valence-corrected chi connectivity index (χ4v) is 3.22. The first-order valence-corrected chi connectivity index (χ1v) is 9.70. The largest absolute Gasteiger partial charge is 0.473 e. The van der Waals surface area contributed by atoms with Crippen molar-refractivity contribution in [3.05, 3.63) is 66.2 Å². The number of anilines is 1. The van der Waals surface area contributed by atoms with Gasteiger partial charge >= 0.3 is 11.9 Å². The molecule has 7 nitrogen and oxygen atoms in total. The van der Waals surface area contributed by atoms with Gasteiger partial charge in [-0.2, -0.15) is 0 Å². The molecule has 3 rings (SSSR count). The molecular formula is C22H29N3O4. The van der Waals surface area contributed by atoms with Gasteiger partial charge in [-0.1, -0.05) is 48.5 Å². The zero-order valence-corrected chi connectivity index (χ0v) is 16.7. The molecule has 1 aliphatic rings. The van der Waals surface area contributed by atoms with Crippen LogP contribution in [-0.4, -0.2) is 70.7 Å². The lowest BCUT2D eigenvalue weighted by Gasteiger charge is -2.36. The molecule has 2 aromatic rings. The number of hydrogen-bond donors (Lipinski definition) is 3. The summed E-state index contributed by atoms with van der Waals surface area (Å²) in [5.74, 6) is -3.65. The van der Waals surface area contributed by atoms with Crippen molar-refractivity contribution in [1.29, 1.82) is 0 Å². The summed E-state index contributed by atoms with van der Waals surface area (Å²) in [6.07, 6.45) is 0. The number of carboxylic acid groups (broad SMARTS) is 2. The highest BCUT2D eigenvalue weighted by atomic mass is 16.4. The second-order valence-electron chi connectivity index (χ2n) is 7.08. The number of carbonyl (C=O) groups is 2. The monoisotopic (exact) mass is 399 g/mol. The van der Waals surface area contributed by atoms with Gasteiger partial charge in [0.05, 0.1) is 0 Å². The summed E-state index contributed by atoms with van der Waals surface area (Å²) in [7, 11) is 0. The first kappa shape index (κ1) is 22.4. The lowest BCUT2D eigenvalue weighted by molar-refractivity contribution is -0.159. The molecule has 29 heavy (non-hydrogen) atoms. The topological polar surface area (TPSA) is 93.1 Å². The molecule has 1 saturated heterocycles. The maximum absolute atomic E-state index is 9.10. The van der Waals surface area contributed by atoms with E-state index >= 15 is 0 Å². The highest BCUT2D eigenvalue weighted by molar-refractivity contribution is 6.27. The van der Waals surface area contributed by atoms with Gasteiger partial charge in [0, 0.05) is 51.0 Å². The molecule has 7 heteroatoms. The van der Waals surface area contributed by atoms with Crippen LogP contribution >= 0.6 is 0 Å². The summed E-state index contributed by atoms with van der Waals surface area (Å²) in [5, 5.41) is 18.4. The molecule has 1 heterocycles. The van der Waals surface area contributed by atoms with Crippen LogP contribution in [-0.2, 0) is 16.1 Å². The third kappa shape index (κ3) is 8.76. The molecule has 0 spiro atoms. The molecule has 1 unspecified atom stereocenters. The van der Waals surface area contributed by atoms with Gasteiger partial charge in [0.1, 0.15) is 0 Å². The van der Waals surface area contributed by atoms with Crippen LogP contribution in [0.4, 0.5) is 5.69 Å². The number of nitrogens with one attached hydrogen (secondary N) is 1. The second kappa shape index (κ2) is 11.8. The molecule has 156 valence electrons. The summed E-state index contributed by atoms with van der Waals surface area (Å²) in [5.41, 5.74) is 2.63. The third-order valence-electron chi connectivity index (χ3n) is 4.62. The molecule has 2 aromatic carbocycles. The SMILES string of the molecule is CC(CN1CCN(Cc2ccccc2)CC1)Nc1ccccc1.O=C(O)C(=O)O. The van der Waals surface area contributed by atoms with Crippen LogP contribution in [0.5, 0.6) is 0 Å². The molecule has 1 fully saturated rings. The zero-order chi connectivity index (χ0) is 21.1. The first-order chi connectivity index (χ1) is 13.9. The van der Waals surface area contributed by atoms with Crippen LogP contribution in [0.2, 0.25) is 0 Å². The van der Waals surface area contributed by atoms with Crippen LogP contribution in [0, 0.1) is 0 Å². The third-order valence-corrected chi connectivity index (χ3v) is 4.62. The van der Waals surface area contributed by atoms with E-state index in [1.807, 2.05) is 0 Å². The van der Waals surface area contributed by atoms with Crippen molar-refractivity contribution >= 4 is 17.6 Å². The fraction of sp³-hybridized carbons (Fsp3) is 0.364. The summed E-state index contributed by atoms with van der Waals surface area (Å²) >= 11 is 0. The van der Waals surface area contributed by atoms with Gasteiger partial charge < -0.3 is 15.5 Å². The maximum atomic E-state index is 9.10. The van der Waals surface area contributed by atoms with E-state index in [4.69, 9.17) is 19.8 Å². The van der Waals surface area contributed by atoms with Gasteiger partial charge in [-0.05, 0) is 24.6 Å². The maximum Gasteiger partial charge on any atom is 0.414 e. The van der Waals surface area contributed by atoms with Crippen molar-refractivity contribution in [2.75, 3.05) is 38.0 Å². The number of aliphatic carboxylic acids is 2. The van der Waals surface area contributed by atoms with Crippen LogP contribution in [0.15, 0.2) is 60.7 Å². The predicted molar refractivity (Wildman–Crippen MR) is 113 cm³/mol. The van der Waals surface area contributed by atoms with Crippen molar-refractivity contribution in [3.8, 4) is 0 Å². The molecule has 0 bridgehead atoms. The van der Waals surface area contributed by atoms with Gasteiger partial charge in [0.25, 0.3) is 0 Å². The molecular weight excluding hydrogens is 370 g/mol. The van der Waals surface area contributed by atoms with Gasteiger partial charge in [0.15, 0.2) is 0 Å². The smallest absolute Gasteiger partial charge is 0.414 e. The Bertz CT molecular complexity index is 735. The lowest BCUT2D eigenvalue weighted by atomic mass is 10.2. The van der Waals surface area contributed by atoms with Gasteiger partial charge in [-0.15, -0.1) is 0 Å². The number of carboxylic acids is 2. The van der Waals surface area contributed by atoms with E-state index in [2.05, 4.69) is 82.7 Å². The van der Waals surface area contributed by atoms with Crippen molar-refractivity contribution < 1.29 is 19.8 Å². The quantitative estimate of drug-likeness (QED) is 0.643. The number of benzene rings is 2. The number of piperazine rings is 1. The molecule has 3 N–H and O–H groups in total. The van der Waals surface area contributed by atoms with Gasteiger partial charge in [0.2, 0.25) is 0 Å². The Morgan fingerprint density at radius 2 is 1.34 bits per heavy atom. The number of nitrogens with zero attached hydrogens (tertiary/aromatic N) is 2. The van der Waals surface area contributed by atoms with Crippen LogP contribution in [0.1, 0.15) is 12.5 Å². The van der Waals surface area contributed by atoms with Gasteiger partial charge in [-0.3, -0.25) is 9.80 Å². The van der Waals surface area contributed by atoms with Gasteiger partial charge in [-0.25, -0.2) is 9.59 Å². The number of rotatable bonds is 6. The van der Waals surface area contributed by atoms with Crippen LogP contribution in [0.25, 0.3) is 0 Å².